The molecule has 6 heteroatoms. The van der Waals surface area contributed by atoms with Gasteiger partial charge in [-0.25, -0.2) is 13.2 Å². The van der Waals surface area contributed by atoms with E-state index in [1.165, 1.54) is 25.1 Å². The number of aromatic carboxylic acids is 1. The van der Waals surface area contributed by atoms with Crippen molar-refractivity contribution in [2.45, 2.75) is 18.2 Å². The van der Waals surface area contributed by atoms with E-state index >= 15 is 0 Å². The molecular weight excluding hydrogens is 290 g/mol. The van der Waals surface area contributed by atoms with E-state index in [4.69, 9.17) is 5.11 Å². The fourth-order valence-electron chi connectivity index (χ4n) is 2.09. The monoisotopic (exact) mass is 305 g/mol. The predicted molar refractivity (Wildman–Crippen MR) is 78.1 cm³/mol. The van der Waals surface area contributed by atoms with Crippen LogP contribution in [0, 0.1) is 6.92 Å². The number of carbonyl (C=O) groups is 1. The van der Waals surface area contributed by atoms with Crippen molar-refractivity contribution in [2.75, 3.05) is 5.75 Å². The van der Waals surface area contributed by atoms with Crippen molar-refractivity contribution in [2.24, 2.45) is 0 Å². The van der Waals surface area contributed by atoms with Crippen LogP contribution in [0.2, 0.25) is 0 Å². The second-order valence-corrected chi connectivity index (χ2v) is 6.74. The number of hydrogen-bond acceptors (Lipinski definition) is 4. The van der Waals surface area contributed by atoms with Gasteiger partial charge in [-0.05, 0) is 42.7 Å². The second kappa shape index (κ2) is 6.05. The number of sulfone groups is 1. The van der Waals surface area contributed by atoms with Crippen molar-refractivity contribution >= 4 is 15.8 Å². The third kappa shape index (κ3) is 3.46. The van der Waals surface area contributed by atoms with Crippen LogP contribution in [0.1, 0.15) is 21.5 Å². The summed E-state index contributed by atoms with van der Waals surface area (Å²) in [4.78, 5) is 15.1. The fraction of sp³-hybridized carbons (Fsp3) is 0.200. The number of carboxylic acid groups (broad SMARTS) is 1. The van der Waals surface area contributed by atoms with Crippen LogP contribution >= 0.6 is 0 Å². The summed E-state index contributed by atoms with van der Waals surface area (Å²) in [6.45, 7) is 1.51. The van der Waals surface area contributed by atoms with Crippen molar-refractivity contribution in [3.8, 4) is 0 Å². The van der Waals surface area contributed by atoms with Gasteiger partial charge in [0.1, 0.15) is 0 Å². The van der Waals surface area contributed by atoms with Gasteiger partial charge in [-0.3, -0.25) is 4.98 Å². The lowest BCUT2D eigenvalue weighted by Crippen LogP contribution is -2.13. The van der Waals surface area contributed by atoms with E-state index in [0.717, 1.165) is 5.56 Å². The van der Waals surface area contributed by atoms with Crippen molar-refractivity contribution in [1.82, 2.24) is 4.98 Å². The van der Waals surface area contributed by atoms with E-state index in [2.05, 4.69) is 4.98 Å². The third-order valence-corrected chi connectivity index (χ3v) is 5.09. The molecule has 1 N–H and O–H groups in total. The first kappa shape index (κ1) is 15.2. The first-order chi connectivity index (χ1) is 9.92. The van der Waals surface area contributed by atoms with Crippen LogP contribution < -0.4 is 0 Å². The molecular formula is C15H15NO4S. The van der Waals surface area contributed by atoms with E-state index in [9.17, 15) is 13.2 Å². The topological polar surface area (TPSA) is 84.3 Å². The molecule has 110 valence electrons. The number of aromatic nitrogens is 1. The number of hydrogen-bond donors (Lipinski definition) is 1. The minimum absolute atomic E-state index is 0.0115. The highest BCUT2D eigenvalue weighted by atomic mass is 32.2. The molecule has 5 nitrogen and oxygen atoms in total. The quantitative estimate of drug-likeness (QED) is 0.914. The van der Waals surface area contributed by atoms with E-state index in [1.54, 1.807) is 18.5 Å². The van der Waals surface area contributed by atoms with Crippen LogP contribution in [0.3, 0.4) is 0 Å². The lowest BCUT2D eigenvalue weighted by Gasteiger charge is -2.09. The van der Waals surface area contributed by atoms with E-state index in [1.807, 2.05) is 6.07 Å². The van der Waals surface area contributed by atoms with Gasteiger partial charge in [0.25, 0.3) is 0 Å². The van der Waals surface area contributed by atoms with Gasteiger partial charge in [-0.2, -0.15) is 0 Å². The van der Waals surface area contributed by atoms with Crippen molar-refractivity contribution < 1.29 is 18.3 Å². The average molecular weight is 305 g/mol. The van der Waals surface area contributed by atoms with Crippen molar-refractivity contribution in [1.29, 1.82) is 0 Å². The molecule has 0 amide bonds. The van der Waals surface area contributed by atoms with Gasteiger partial charge in [-0.15, -0.1) is 0 Å². The van der Waals surface area contributed by atoms with Crippen LogP contribution in [0.15, 0.2) is 47.6 Å². The Bertz CT molecular complexity index is 754. The number of aryl methyl sites for hydroxylation is 1. The highest BCUT2D eigenvalue weighted by Crippen LogP contribution is 2.21. The summed E-state index contributed by atoms with van der Waals surface area (Å²) in [7, 11) is -3.54. The summed E-state index contributed by atoms with van der Waals surface area (Å²) in [5, 5.41) is 9.06. The van der Waals surface area contributed by atoms with Crippen LogP contribution in [0.25, 0.3) is 0 Å². The number of benzene rings is 1. The number of carboxylic acids is 1. The minimum atomic E-state index is -3.54. The van der Waals surface area contributed by atoms with Gasteiger partial charge < -0.3 is 5.11 Å². The zero-order valence-electron chi connectivity index (χ0n) is 11.5. The van der Waals surface area contributed by atoms with Gasteiger partial charge in [0, 0.05) is 12.4 Å². The highest BCUT2D eigenvalue weighted by molar-refractivity contribution is 7.91. The standard InChI is InChI=1S/C15H15NO4S/c1-11-13(15(17)18)5-2-6-14(11)21(19,20)9-7-12-4-3-8-16-10-12/h2-6,8,10H,7,9H2,1H3,(H,17,18). The summed E-state index contributed by atoms with van der Waals surface area (Å²) >= 11 is 0. The normalized spacial score (nSPS) is 11.3. The summed E-state index contributed by atoms with van der Waals surface area (Å²) in [6, 6.07) is 7.85. The maximum Gasteiger partial charge on any atom is 0.335 e. The van der Waals surface area contributed by atoms with Crippen LogP contribution in [-0.2, 0) is 16.3 Å². The Kier molecular flexibility index (Phi) is 4.37. The number of rotatable bonds is 5. The lowest BCUT2D eigenvalue weighted by atomic mass is 10.1. The van der Waals surface area contributed by atoms with E-state index < -0.39 is 15.8 Å². The van der Waals surface area contributed by atoms with Crippen LogP contribution in [-0.4, -0.2) is 30.2 Å². The molecule has 0 atom stereocenters. The van der Waals surface area contributed by atoms with E-state index in [0.29, 0.717) is 6.42 Å². The number of pyridine rings is 1. The molecule has 0 aliphatic rings. The number of nitrogens with zero attached hydrogens (tertiary/aromatic N) is 1. The molecule has 1 aromatic carbocycles. The zero-order valence-corrected chi connectivity index (χ0v) is 12.3. The molecule has 0 spiro atoms. The summed E-state index contributed by atoms with van der Waals surface area (Å²) in [6.07, 6.45) is 3.58. The van der Waals surface area contributed by atoms with E-state index in [-0.39, 0.29) is 21.8 Å². The zero-order chi connectivity index (χ0) is 15.5. The molecule has 21 heavy (non-hydrogen) atoms. The molecule has 0 bridgehead atoms. The third-order valence-electron chi connectivity index (χ3n) is 3.23. The summed E-state index contributed by atoms with van der Waals surface area (Å²) < 4.78 is 24.8. The Morgan fingerprint density at radius 3 is 2.62 bits per heavy atom. The Labute approximate surface area is 123 Å². The molecule has 0 aliphatic heterocycles. The second-order valence-electron chi connectivity index (χ2n) is 4.66. The SMILES string of the molecule is Cc1c(C(=O)O)cccc1S(=O)(=O)CCc1cccnc1. The Hall–Kier alpha value is -2.21. The predicted octanol–water partition coefficient (Wildman–Crippen LogP) is 2.10. The highest BCUT2D eigenvalue weighted by Gasteiger charge is 2.20. The molecule has 0 unspecified atom stereocenters. The van der Waals surface area contributed by atoms with Crippen molar-refractivity contribution in [3.05, 3.63) is 59.4 Å². The van der Waals surface area contributed by atoms with Gasteiger partial charge in [-0.1, -0.05) is 12.1 Å². The Morgan fingerprint density at radius 1 is 1.24 bits per heavy atom. The van der Waals surface area contributed by atoms with Gasteiger partial charge in [0.15, 0.2) is 9.84 Å². The maximum absolute atomic E-state index is 12.4. The van der Waals surface area contributed by atoms with Gasteiger partial charge >= 0.3 is 5.97 Å². The smallest absolute Gasteiger partial charge is 0.335 e. The fourth-order valence-corrected chi connectivity index (χ4v) is 3.68. The Balaban J connectivity index is 2.28. The van der Waals surface area contributed by atoms with Crippen molar-refractivity contribution in [3.63, 3.8) is 0 Å². The largest absolute Gasteiger partial charge is 0.478 e. The van der Waals surface area contributed by atoms with Crippen LogP contribution in [0.5, 0.6) is 0 Å². The summed E-state index contributed by atoms with van der Waals surface area (Å²) in [5.74, 6) is -1.21. The minimum Gasteiger partial charge on any atom is -0.478 e. The molecule has 2 rings (SSSR count). The molecule has 1 heterocycles. The maximum atomic E-state index is 12.4. The van der Waals surface area contributed by atoms with Crippen LogP contribution in [0.4, 0.5) is 0 Å². The Morgan fingerprint density at radius 2 is 2.00 bits per heavy atom. The summed E-state index contributed by atoms with van der Waals surface area (Å²) in [5.41, 5.74) is 1.11. The first-order valence-corrected chi connectivity index (χ1v) is 8.01. The van der Waals surface area contributed by atoms with Gasteiger partial charge in [0.2, 0.25) is 0 Å². The molecule has 0 radical (unpaired) electrons. The molecule has 0 saturated carbocycles. The lowest BCUT2D eigenvalue weighted by molar-refractivity contribution is 0.0696. The molecule has 2 aromatic rings. The molecule has 0 saturated heterocycles. The first-order valence-electron chi connectivity index (χ1n) is 6.36. The van der Waals surface area contributed by atoms with Gasteiger partial charge in [0.05, 0.1) is 16.2 Å². The molecule has 0 fully saturated rings. The molecule has 0 aliphatic carbocycles. The molecule has 1 aromatic heterocycles. The average Bonchev–Trinajstić information content (AvgIpc) is 2.46.